The molecule has 0 saturated carbocycles. The minimum Gasteiger partial charge on any atom is -0.379 e. The van der Waals surface area contributed by atoms with Crippen LogP contribution in [-0.4, -0.2) is 202 Å². The molecule has 2 aliphatic rings. The van der Waals surface area contributed by atoms with E-state index < -0.39 is 84.0 Å². The third-order valence-corrected chi connectivity index (χ3v) is 17.6. The highest BCUT2D eigenvalue weighted by Crippen LogP contribution is 2.31. The van der Waals surface area contributed by atoms with Crippen molar-refractivity contribution < 1.29 is 57.4 Å². The summed E-state index contributed by atoms with van der Waals surface area (Å²) >= 11 is 0. The first-order valence-electron chi connectivity index (χ1n) is 31.7. The summed E-state index contributed by atoms with van der Waals surface area (Å²) in [5.74, 6) is -5.17. The molecule has 0 aromatic heterocycles. The van der Waals surface area contributed by atoms with E-state index in [4.69, 9.17) is 15.2 Å². The fraction of sp³-hybridized carbons (Fsp3) is 0.746. The Morgan fingerprint density at radius 3 is 1.97 bits per heavy atom. The second-order valence-corrected chi connectivity index (χ2v) is 25.3. The molecule has 500 valence electrons. The van der Waals surface area contributed by atoms with Crippen molar-refractivity contribution in [1.29, 1.82) is 0 Å². The highest BCUT2D eigenvalue weighted by Gasteiger charge is 2.44. The molecule has 1 aromatic carbocycles. The van der Waals surface area contributed by atoms with Gasteiger partial charge >= 0.3 is 6.03 Å². The Balaban J connectivity index is 1.72. The number of amides is 10. The van der Waals surface area contributed by atoms with Crippen molar-refractivity contribution in [2.24, 2.45) is 52.3 Å². The van der Waals surface area contributed by atoms with Crippen molar-refractivity contribution in [2.75, 3.05) is 80.5 Å². The molecule has 0 aliphatic carbocycles. The van der Waals surface area contributed by atoms with Crippen molar-refractivity contribution in [1.82, 2.24) is 46.2 Å². The molecule has 26 nitrogen and oxygen atoms in total. The number of azide groups is 1. The highest BCUT2D eigenvalue weighted by molar-refractivity contribution is 5.98. The van der Waals surface area contributed by atoms with E-state index in [9.17, 15) is 53.5 Å². The zero-order valence-corrected chi connectivity index (χ0v) is 55.6. The smallest absolute Gasteiger partial charge is 0.312 e. The minimum absolute atomic E-state index is 0.00405. The predicted molar refractivity (Wildman–Crippen MR) is 339 cm³/mol. The average molecular weight is 1250 g/mol. The van der Waals surface area contributed by atoms with E-state index in [0.29, 0.717) is 63.0 Å². The Labute approximate surface area is 527 Å². The van der Waals surface area contributed by atoms with Gasteiger partial charge in [-0.05, 0) is 106 Å². The summed E-state index contributed by atoms with van der Waals surface area (Å²) in [6, 6.07) is 1.96. The topological polar surface area (TPSA) is 349 Å². The van der Waals surface area contributed by atoms with Crippen molar-refractivity contribution in [3.05, 3.63) is 40.3 Å². The lowest BCUT2D eigenvalue weighted by Gasteiger charge is -2.41. The maximum atomic E-state index is 14.5. The summed E-state index contributed by atoms with van der Waals surface area (Å²) < 4.78 is 12.1. The fourth-order valence-corrected chi connectivity index (χ4v) is 12.3. The molecule has 2 fully saturated rings. The number of likely N-dealkylation sites (N-methyl/N-ethyl adjacent to an activating group) is 2. The van der Waals surface area contributed by atoms with Crippen LogP contribution in [0.2, 0.25) is 0 Å². The number of Topliss-reactive ketones (excluding diaryl/α,β-unsaturated/α-hetero) is 1. The van der Waals surface area contributed by atoms with Crippen molar-refractivity contribution >= 4 is 64.8 Å². The van der Waals surface area contributed by atoms with E-state index in [1.165, 1.54) is 14.2 Å². The lowest BCUT2D eigenvalue weighted by molar-refractivity contribution is -0.148. The summed E-state index contributed by atoms with van der Waals surface area (Å²) in [6.45, 7) is 18.3. The number of benzene rings is 1. The van der Waals surface area contributed by atoms with Crippen LogP contribution < -0.4 is 37.6 Å². The number of rotatable bonds is 37. The summed E-state index contributed by atoms with van der Waals surface area (Å²) in [5, 5.41) is 20.6. The molecule has 1 aromatic rings. The molecule has 2 aliphatic heterocycles. The number of carbonyl (C=O) groups is 10. The van der Waals surface area contributed by atoms with E-state index in [0.717, 1.165) is 0 Å². The molecule has 2 heterocycles. The molecule has 8 N–H and O–H groups in total. The van der Waals surface area contributed by atoms with Gasteiger partial charge in [-0.2, -0.15) is 0 Å². The molecule has 26 heteroatoms. The number of nitrogens with two attached hydrogens (primary N) is 1. The first-order chi connectivity index (χ1) is 42.0. The predicted octanol–water partition coefficient (Wildman–Crippen LogP) is 4.54. The number of likely N-dealkylation sites (tertiary alicyclic amines) is 2. The van der Waals surface area contributed by atoms with Gasteiger partial charge in [0.05, 0.1) is 42.7 Å². The molecule has 3 rings (SSSR count). The maximum Gasteiger partial charge on any atom is 0.312 e. The van der Waals surface area contributed by atoms with Crippen molar-refractivity contribution in [2.45, 2.75) is 188 Å². The molecular weight excluding hydrogens is 1140 g/mol. The Hall–Kier alpha value is -6.89. The fourth-order valence-electron chi connectivity index (χ4n) is 12.3. The van der Waals surface area contributed by atoms with Gasteiger partial charge in [-0.1, -0.05) is 86.0 Å². The van der Waals surface area contributed by atoms with Crippen LogP contribution in [0.25, 0.3) is 10.4 Å². The van der Waals surface area contributed by atoms with E-state index >= 15 is 0 Å². The first-order valence-corrected chi connectivity index (χ1v) is 31.7. The number of hydrogen-bond acceptors (Lipinski definition) is 14. The number of ether oxygens (including phenoxy) is 2. The quantitative estimate of drug-likeness (QED) is 0.0209. The Kier molecular flexibility index (Phi) is 32.6. The Morgan fingerprint density at radius 1 is 0.775 bits per heavy atom. The zero-order chi connectivity index (χ0) is 66.8. The number of primary amides is 1. The number of anilines is 1. The maximum absolute atomic E-state index is 14.5. The number of ketones is 1. The van der Waals surface area contributed by atoms with Crippen molar-refractivity contribution in [3.8, 4) is 0 Å². The van der Waals surface area contributed by atoms with Crippen molar-refractivity contribution in [3.63, 3.8) is 0 Å². The molecule has 2 saturated heterocycles. The van der Waals surface area contributed by atoms with Crippen LogP contribution in [0.4, 0.5) is 10.5 Å². The summed E-state index contributed by atoms with van der Waals surface area (Å²) in [6.07, 6.45) is 1.80. The van der Waals surface area contributed by atoms with Gasteiger partial charge in [0.15, 0.2) is 0 Å². The number of urea groups is 1. The minimum atomic E-state index is -1.09. The van der Waals surface area contributed by atoms with E-state index in [-0.39, 0.29) is 123 Å². The molecule has 1 unspecified atom stereocenters. The number of piperidine rings is 1. The van der Waals surface area contributed by atoms with Gasteiger partial charge in [0, 0.05) is 109 Å². The van der Waals surface area contributed by atoms with E-state index in [2.05, 4.69) is 41.9 Å². The summed E-state index contributed by atoms with van der Waals surface area (Å²) in [4.78, 5) is 144. The highest BCUT2D eigenvalue weighted by atomic mass is 16.5. The number of methoxy groups -OCH3 is 2. The van der Waals surface area contributed by atoms with Gasteiger partial charge in [-0.3, -0.25) is 48.1 Å². The molecule has 0 radical (unpaired) electrons. The van der Waals surface area contributed by atoms with Crippen LogP contribution in [0.15, 0.2) is 29.4 Å². The van der Waals surface area contributed by atoms with Gasteiger partial charge in [0.2, 0.25) is 47.3 Å². The standard InChI is InChI=1S/C63H106N14O12/c1-16-40(8)55(75(13)62(86)53(38(4)5)72-61(85)54(39(6)7)74(11)12)50(88-14)35-52(80)77-30-18-20-49(77)56(89-15)41(9)57(81)70-45(36-68-73-65)33-42-21-23-44(24-22-42)69-60(84)48(19-17-29-67-63(64)87)71-59(83)47(37(2)3)34-46(78)25-26-51(79)76-31-27-43(28-32-76)58(82)66-10/h21-24,37-41,43,45,47-50,53-56H,16-20,25-36H2,1-15H3,(H,66,82)(H,69,84)(H,70,81)(H,71,83)(H,72,85)(H3,64,67,87)/t40-,41+,45-,47-,48-,49-,50+,53-,54-,55?,56+/m0/s1. The Morgan fingerprint density at radius 2 is 1.43 bits per heavy atom. The lowest BCUT2D eigenvalue weighted by atomic mass is 9.88. The SMILES string of the molecule is CC[C@H](C)C([C@@H](CC(=O)N1CCC[C@H]1[C@H](OC)[C@@H](C)C(=O)N[C@H](CN=[N+]=[N-])Cc1ccc(NC(=O)[C@H](CCCNC(N)=O)NC(=O)[C@@H](CC(=O)CCC(=O)N2CCC(C(=O)NC)CC2)C(C)C)cc1)OC)N(C)C(=O)[C@@H](NC(=O)[C@H](C(C)C)N(C)C)C(C)C. The van der Waals surface area contributed by atoms with Crippen LogP contribution in [-0.2, 0) is 59.0 Å². The lowest BCUT2D eigenvalue weighted by Crippen LogP contribution is -2.59. The third kappa shape index (κ3) is 23.5. The van der Waals surface area contributed by atoms with Gasteiger partial charge in [0.25, 0.3) is 0 Å². The Bertz CT molecular complexity index is 2550. The van der Waals surface area contributed by atoms with Crippen LogP contribution in [0.5, 0.6) is 0 Å². The second kappa shape index (κ2) is 38.0. The number of nitrogens with zero attached hydrogens (tertiary/aromatic N) is 7. The van der Waals surface area contributed by atoms with Crippen LogP contribution >= 0.6 is 0 Å². The van der Waals surface area contributed by atoms with Crippen LogP contribution in [0.1, 0.15) is 139 Å². The van der Waals surface area contributed by atoms with Gasteiger partial charge in [-0.15, -0.1) is 0 Å². The van der Waals surface area contributed by atoms with Gasteiger partial charge in [0.1, 0.15) is 17.9 Å². The van der Waals surface area contributed by atoms with Gasteiger partial charge < -0.3 is 61.8 Å². The summed E-state index contributed by atoms with van der Waals surface area (Å²) in [5.41, 5.74) is 15.7. The van der Waals surface area contributed by atoms with E-state index in [1.54, 1.807) is 73.8 Å². The normalized spacial score (nSPS) is 17.9. The molecule has 0 spiro atoms. The number of nitrogens with one attached hydrogen (secondary N) is 6. The zero-order valence-electron chi connectivity index (χ0n) is 55.6. The van der Waals surface area contributed by atoms with Crippen LogP contribution in [0, 0.1) is 41.4 Å². The van der Waals surface area contributed by atoms with E-state index in [1.807, 2.05) is 60.5 Å². The molecule has 0 bridgehead atoms. The number of carbonyl (C=O) groups excluding carboxylic acids is 10. The van der Waals surface area contributed by atoms with Gasteiger partial charge in [-0.25, -0.2) is 4.79 Å². The number of hydrogen-bond donors (Lipinski definition) is 7. The average Bonchev–Trinajstić information content (AvgIpc) is 2.15. The first kappa shape index (κ1) is 76.4. The molecule has 89 heavy (non-hydrogen) atoms. The monoisotopic (exact) mass is 1250 g/mol. The third-order valence-electron chi connectivity index (χ3n) is 17.6. The molecule has 10 amide bonds. The second-order valence-electron chi connectivity index (χ2n) is 25.3. The summed E-state index contributed by atoms with van der Waals surface area (Å²) in [7, 11) is 9.96. The molecule has 11 atom stereocenters. The van der Waals surface area contributed by atoms with Crippen LogP contribution in [0.3, 0.4) is 0 Å². The largest absolute Gasteiger partial charge is 0.379 e. The molecular formula is C63H106N14O12.